The average molecular weight is 505 g/mol. The molecule has 1 atom stereocenters. The van der Waals surface area contributed by atoms with Gasteiger partial charge in [0.1, 0.15) is 11.6 Å². The molecule has 0 bridgehead atoms. The molecule has 0 saturated carbocycles. The van der Waals surface area contributed by atoms with Gasteiger partial charge in [0.15, 0.2) is 5.78 Å². The standard InChI is InChI=1S/C29H32N2O4S/c1-20-10-16-24(17-11-20)36(33,34)30-28-18-22-8-6-7-9-25(22)26(31(28)29(2,3)4)19-27(32)21-12-14-23(35-5)15-13-21/h6-17,26H,18-19H2,1-5H3/b30-28+. The second-order valence-electron chi connectivity index (χ2n) is 10.1. The first-order valence-corrected chi connectivity index (χ1v) is 13.4. The van der Waals surface area contributed by atoms with E-state index in [4.69, 9.17) is 4.74 Å². The molecule has 3 aromatic carbocycles. The number of aryl methyl sites for hydroxylation is 1. The highest BCUT2D eigenvalue weighted by molar-refractivity contribution is 7.90. The van der Waals surface area contributed by atoms with Crippen molar-refractivity contribution < 1.29 is 17.9 Å². The van der Waals surface area contributed by atoms with E-state index in [9.17, 15) is 13.2 Å². The SMILES string of the molecule is COc1ccc(C(=O)CC2c3ccccc3C/C(=N\S(=O)(=O)c3ccc(C)cc3)N2C(C)(C)C)cc1. The summed E-state index contributed by atoms with van der Waals surface area (Å²) in [6, 6.07) is 21.3. The topological polar surface area (TPSA) is 76.0 Å². The third kappa shape index (κ3) is 5.36. The molecule has 0 aliphatic carbocycles. The zero-order valence-electron chi connectivity index (χ0n) is 21.4. The summed E-state index contributed by atoms with van der Waals surface area (Å²) in [5, 5.41) is 0. The van der Waals surface area contributed by atoms with Gasteiger partial charge in [-0.05, 0) is 75.2 Å². The van der Waals surface area contributed by atoms with Gasteiger partial charge in [0.25, 0.3) is 10.0 Å². The van der Waals surface area contributed by atoms with E-state index in [1.54, 1.807) is 55.6 Å². The molecule has 4 rings (SSSR count). The van der Waals surface area contributed by atoms with Crippen molar-refractivity contribution in [2.24, 2.45) is 4.40 Å². The first-order chi connectivity index (χ1) is 17.0. The maximum absolute atomic E-state index is 13.4. The lowest BCUT2D eigenvalue weighted by atomic mass is 9.85. The van der Waals surface area contributed by atoms with Crippen LogP contribution in [-0.2, 0) is 16.4 Å². The summed E-state index contributed by atoms with van der Waals surface area (Å²) in [6.07, 6.45) is 0.552. The maximum atomic E-state index is 13.4. The number of nitrogens with zero attached hydrogens (tertiary/aromatic N) is 2. The molecule has 0 spiro atoms. The van der Waals surface area contributed by atoms with Crippen LogP contribution in [0.2, 0.25) is 0 Å². The molecule has 0 saturated heterocycles. The van der Waals surface area contributed by atoms with Gasteiger partial charge in [-0.2, -0.15) is 8.42 Å². The summed E-state index contributed by atoms with van der Waals surface area (Å²) in [4.78, 5) is 15.6. The van der Waals surface area contributed by atoms with Crippen LogP contribution in [0.25, 0.3) is 0 Å². The van der Waals surface area contributed by atoms with Crippen LogP contribution in [-0.4, -0.2) is 37.6 Å². The van der Waals surface area contributed by atoms with E-state index in [1.807, 2.05) is 56.9 Å². The molecular formula is C29H32N2O4S. The molecule has 0 amide bonds. The molecule has 1 unspecified atom stereocenters. The number of carbonyl (C=O) groups is 1. The molecule has 1 aliphatic rings. The van der Waals surface area contributed by atoms with E-state index >= 15 is 0 Å². The molecule has 0 aromatic heterocycles. The van der Waals surface area contributed by atoms with Crippen LogP contribution >= 0.6 is 0 Å². The quantitative estimate of drug-likeness (QED) is 0.399. The Balaban J connectivity index is 1.79. The number of hydrogen-bond donors (Lipinski definition) is 0. The molecule has 1 heterocycles. The summed E-state index contributed by atoms with van der Waals surface area (Å²) >= 11 is 0. The third-order valence-electron chi connectivity index (χ3n) is 6.41. The fraction of sp³-hybridized carbons (Fsp3) is 0.310. The minimum atomic E-state index is -3.94. The summed E-state index contributed by atoms with van der Waals surface area (Å²) < 4.78 is 36.2. The number of benzene rings is 3. The van der Waals surface area contributed by atoms with Crippen molar-refractivity contribution in [2.45, 2.75) is 57.0 Å². The van der Waals surface area contributed by atoms with Gasteiger partial charge in [-0.15, -0.1) is 4.40 Å². The summed E-state index contributed by atoms with van der Waals surface area (Å²) in [6.45, 7) is 7.95. The Kier molecular flexibility index (Phi) is 7.05. The van der Waals surface area contributed by atoms with E-state index in [2.05, 4.69) is 4.40 Å². The minimum Gasteiger partial charge on any atom is -0.497 e. The molecule has 36 heavy (non-hydrogen) atoms. The lowest BCUT2D eigenvalue weighted by Gasteiger charge is -2.47. The van der Waals surface area contributed by atoms with Gasteiger partial charge in [-0.25, -0.2) is 0 Å². The number of amidine groups is 1. The Morgan fingerprint density at radius 2 is 1.64 bits per heavy atom. The molecule has 188 valence electrons. The van der Waals surface area contributed by atoms with Crippen molar-refractivity contribution in [2.75, 3.05) is 7.11 Å². The van der Waals surface area contributed by atoms with Gasteiger partial charge in [-0.1, -0.05) is 42.0 Å². The highest BCUT2D eigenvalue weighted by Gasteiger charge is 2.39. The van der Waals surface area contributed by atoms with Crippen LogP contribution < -0.4 is 4.74 Å². The minimum absolute atomic E-state index is 0.0330. The van der Waals surface area contributed by atoms with Gasteiger partial charge in [0, 0.05) is 23.9 Å². The van der Waals surface area contributed by atoms with Gasteiger partial charge >= 0.3 is 0 Å². The summed E-state index contributed by atoms with van der Waals surface area (Å²) in [7, 11) is -2.35. The van der Waals surface area contributed by atoms with Gasteiger partial charge in [0.05, 0.1) is 18.0 Å². The normalized spacial score (nSPS) is 17.1. The largest absolute Gasteiger partial charge is 0.497 e. The number of sulfonamides is 1. The molecule has 0 radical (unpaired) electrons. The Labute approximate surface area is 213 Å². The molecular weight excluding hydrogens is 472 g/mol. The van der Waals surface area contributed by atoms with Crippen molar-refractivity contribution in [3.05, 3.63) is 95.1 Å². The van der Waals surface area contributed by atoms with Crippen molar-refractivity contribution in [1.82, 2.24) is 4.90 Å². The third-order valence-corrected chi connectivity index (χ3v) is 7.73. The zero-order valence-corrected chi connectivity index (χ0v) is 22.2. The van der Waals surface area contributed by atoms with E-state index in [-0.39, 0.29) is 23.1 Å². The highest BCUT2D eigenvalue weighted by atomic mass is 32.2. The van der Waals surface area contributed by atoms with E-state index in [0.717, 1.165) is 16.7 Å². The zero-order chi connectivity index (χ0) is 26.1. The van der Waals surface area contributed by atoms with Crippen LogP contribution in [0.1, 0.15) is 60.3 Å². The van der Waals surface area contributed by atoms with Crippen LogP contribution in [0.15, 0.2) is 82.1 Å². The summed E-state index contributed by atoms with van der Waals surface area (Å²) in [5.41, 5.74) is 3.06. The van der Waals surface area contributed by atoms with Crippen LogP contribution in [0.4, 0.5) is 0 Å². The smallest absolute Gasteiger partial charge is 0.283 e. The number of methoxy groups -OCH3 is 1. The first kappa shape index (κ1) is 25.6. The van der Waals surface area contributed by atoms with Crippen molar-refractivity contribution in [3.63, 3.8) is 0 Å². The average Bonchev–Trinajstić information content (AvgIpc) is 2.83. The van der Waals surface area contributed by atoms with Crippen LogP contribution in [0.5, 0.6) is 5.75 Å². The number of ether oxygens (including phenoxy) is 1. The first-order valence-electron chi connectivity index (χ1n) is 11.9. The lowest BCUT2D eigenvalue weighted by Crippen LogP contribution is -2.51. The van der Waals surface area contributed by atoms with Crippen molar-refractivity contribution in [3.8, 4) is 5.75 Å². The molecule has 7 heteroatoms. The lowest BCUT2D eigenvalue weighted by molar-refractivity contribution is 0.0903. The van der Waals surface area contributed by atoms with Gasteiger partial charge in [0.2, 0.25) is 0 Å². The molecule has 3 aromatic rings. The fourth-order valence-electron chi connectivity index (χ4n) is 4.70. The highest BCUT2D eigenvalue weighted by Crippen LogP contribution is 2.39. The number of hydrogen-bond acceptors (Lipinski definition) is 4. The number of fused-ring (bicyclic) bond motifs is 1. The second-order valence-corrected chi connectivity index (χ2v) is 11.7. The van der Waals surface area contributed by atoms with Crippen LogP contribution in [0.3, 0.4) is 0 Å². The number of ketones is 1. The molecule has 0 fully saturated rings. The molecule has 0 N–H and O–H groups in total. The number of rotatable bonds is 6. The van der Waals surface area contributed by atoms with Gasteiger partial charge < -0.3 is 9.64 Å². The van der Waals surface area contributed by atoms with Gasteiger partial charge in [-0.3, -0.25) is 4.79 Å². The predicted octanol–water partition coefficient (Wildman–Crippen LogP) is 5.76. The Morgan fingerprint density at radius 3 is 2.25 bits per heavy atom. The molecule has 1 aliphatic heterocycles. The van der Waals surface area contributed by atoms with E-state index in [1.165, 1.54) is 0 Å². The predicted molar refractivity (Wildman–Crippen MR) is 142 cm³/mol. The fourth-order valence-corrected chi connectivity index (χ4v) is 5.71. The van der Waals surface area contributed by atoms with Crippen LogP contribution in [0, 0.1) is 6.92 Å². The number of Topliss-reactive ketones (excluding diaryl/α,β-unsaturated/α-hetero) is 1. The van der Waals surface area contributed by atoms with Crippen molar-refractivity contribution >= 4 is 21.6 Å². The Hall–Kier alpha value is -3.45. The van der Waals surface area contributed by atoms with E-state index < -0.39 is 15.6 Å². The Morgan fingerprint density at radius 1 is 1.00 bits per heavy atom. The summed E-state index contributed by atoms with van der Waals surface area (Å²) in [5.74, 6) is 1.09. The maximum Gasteiger partial charge on any atom is 0.283 e. The monoisotopic (exact) mass is 504 g/mol. The van der Waals surface area contributed by atoms with Crippen molar-refractivity contribution in [1.29, 1.82) is 0 Å². The van der Waals surface area contributed by atoms with E-state index in [0.29, 0.717) is 23.6 Å². The Bertz CT molecular complexity index is 1390. The molecule has 6 nitrogen and oxygen atoms in total. The second kappa shape index (κ2) is 9.90. The number of carbonyl (C=O) groups excluding carboxylic acids is 1.